The fourth-order valence-electron chi connectivity index (χ4n) is 1.78. The number of carbonyl (C=O) groups excluding carboxylic acids is 1. The third kappa shape index (κ3) is 4.52. The Bertz CT molecular complexity index is 390. The zero-order valence-electron chi connectivity index (χ0n) is 11.1. The van der Waals surface area contributed by atoms with E-state index in [2.05, 4.69) is 17.2 Å². The van der Waals surface area contributed by atoms with Gasteiger partial charge in [0.25, 0.3) is 0 Å². The van der Waals surface area contributed by atoms with Crippen LogP contribution in [-0.2, 0) is 0 Å². The first-order valence-corrected chi connectivity index (χ1v) is 7.22. The Hall–Kier alpha value is -0.800. The monoisotopic (exact) mass is 251 g/mol. The highest BCUT2D eigenvalue weighted by Gasteiger charge is 2.11. The molecule has 0 aliphatic heterocycles. The molecule has 0 N–H and O–H groups in total. The van der Waals surface area contributed by atoms with Gasteiger partial charge in [-0.25, -0.2) is 0 Å². The first kappa shape index (κ1) is 14.3. The molecule has 0 amide bonds. The molecule has 0 aliphatic carbocycles. The van der Waals surface area contributed by atoms with Gasteiger partial charge in [0.15, 0.2) is 5.78 Å². The minimum atomic E-state index is 0.214. The van der Waals surface area contributed by atoms with Crippen LogP contribution < -0.4 is 0 Å². The topological polar surface area (TPSA) is 20.3 Å². The van der Waals surface area contributed by atoms with Crippen molar-refractivity contribution in [3.8, 4) is 0 Å². The summed E-state index contributed by atoms with van der Waals surface area (Å²) < 4.78 is 0. The van der Waals surface area contributed by atoms with E-state index in [9.17, 15) is 4.79 Å². The van der Waals surface area contributed by atoms with Gasteiger partial charge in [-0.05, 0) is 32.7 Å². The van der Waals surface area contributed by atoms with E-state index in [1.165, 1.54) is 5.56 Å². The molecule has 1 rings (SSSR count). The van der Waals surface area contributed by atoms with Crippen molar-refractivity contribution in [2.24, 2.45) is 0 Å². The van der Waals surface area contributed by atoms with Crippen LogP contribution in [0, 0.1) is 13.8 Å². The van der Waals surface area contributed by atoms with Gasteiger partial charge in [-0.2, -0.15) is 11.8 Å². The number of aryl methyl sites for hydroxylation is 2. The summed E-state index contributed by atoms with van der Waals surface area (Å²) in [5.41, 5.74) is 3.13. The maximum absolute atomic E-state index is 12.1. The lowest BCUT2D eigenvalue weighted by atomic mass is 10.0. The number of carbonyl (C=O) groups is 1. The van der Waals surface area contributed by atoms with Crippen molar-refractivity contribution in [1.82, 2.24) is 4.90 Å². The Morgan fingerprint density at radius 3 is 2.65 bits per heavy atom. The predicted octanol–water partition coefficient (Wildman–Crippen LogP) is 2.78. The van der Waals surface area contributed by atoms with Gasteiger partial charge in [-0.15, -0.1) is 0 Å². The molecular weight excluding hydrogens is 230 g/mol. The number of hydrogen-bond acceptors (Lipinski definition) is 3. The van der Waals surface area contributed by atoms with E-state index >= 15 is 0 Å². The van der Waals surface area contributed by atoms with E-state index in [1.54, 1.807) is 11.8 Å². The molecule has 0 bridgehead atoms. The molecule has 0 atom stereocenters. The van der Waals surface area contributed by atoms with E-state index in [-0.39, 0.29) is 5.78 Å². The molecule has 0 fully saturated rings. The number of ketones is 1. The van der Waals surface area contributed by atoms with Crippen LogP contribution in [0.15, 0.2) is 18.2 Å². The third-order valence-electron chi connectivity index (χ3n) is 2.77. The second-order valence-corrected chi connectivity index (χ2v) is 5.46. The zero-order chi connectivity index (χ0) is 12.8. The molecule has 1 aromatic rings. The lowest BCUT2D eigenvalue weighted by molar-refractivity contribution is 0.0949. The smallest absolute Gasteiger partial charge is 0.177 e. The lowest BCUT2D eigenvalue weighted by Crippen LogP contribution is -2.28. The van der Waals surface area contributed by atoms with Crippen LogP contribution in [0.25, 0.3) is 0 Å². The molecule has 0 aliphatic rings. The molecule has 3 heteroatoms. The van der Waals surface area contributed by atoms with Crippen LogP contribution in [0.5, 0.6) is 0 Å². The highest BCUT2D eigenvalue weighted by Crippen LogP contribution is 2.11. The molecule has 0 saturated heterocycles. The molecule has 0 unspecified atom stereocenters. The Morgan fingerprint density at radius 1 is 1.35 bits per heavy atom. The molecule has 0 heterocycles. The van der Waals surface area contributed by atoms with Crippen molar-refractivity contribution in [2.75, 3.05) is 32.1 Å². The Morgan fingerprint density at radius 2 is 2.06 bits per heavy atom. The van der Waals surface area contributed by atoms with Crippen molar-refractivity contribution < 1.29 is 4.79 Å². The van der Waals surface area contributed by atoms with Crippen LogP contribution >= 0.6 is 11.8 Å². The van der Waals surface area contributed by atoms with E-state index < -0.39 is 0 Å². The van der Waals surface area contributed by atoms with E-state index in [0.29, 0.717) is 6.54 Å². The molecule has 0 spiro atoms. The molecule has 17 heavy (non-hydrogen) atoms. The largest absolute Gasteiger partial charge is 0.298 e. The SMILES string of the molecule is CSCCN(C)CC(=O)c1ccc(C)cc1C. The fourth-order valence-corrected chi connectivity index (χ4v) is 2.28. The molecule has 94 valence electrons. The quantitative estimate of drug-likeness (QED) is 0.725. The van der Waals surface area contributed by atoms with Gasteiger partial charge >= 0.3 is 0 Å². The zero-order valence-corrected chi connectivity index (χ0v) is 11.9. The van der Waals surface area contributed by atoms with Crippen molar-refractivity contribution >= 4 is 17.5 Å². The molecular formula is C14H21NOS. The highest BCUT2D eigenvalue weighted by atomic mass is 32.2. The summed E-state index contributed by atoms with van der Waals surface area (Å²) in [5.74, 6) is 1.28. The van der Waals surface area contributed by atoms with Crippen molar-refractivity contribution in [3.63, 3.8) is 0 Å². The Labute approximate surface area is 108 Å². The number of rotatable bonds is 6. The standard InChI is InChI=1S/C14H21NOS/c1-11-5-6-13(12(2)9-11)14(16)10-15(3)7-8-17-4/h5-6,9H,7-8,10H2,1-4H3. The van der Waals surface area contributed by atoms with Crippen molar-refractivity contribution in [1.29, 1.82) is 0 Å². The normalized spacial score (nSPS) is 10.9. The number of nitrogens with zero attached hydrogens (tertiary/aromatic N) is 1. The predicted molar refractivity (Wildman–Crippen MR) is 76.1 cm³/mol. The van der Waals surface area contributed by atoms with Crippen LogP contribution in [0.3, 0.4) is 0 Å². The summed E-state index contributed by atoms with van der Waals surface area (Å²) in [6, 6.07) is 6.01. The molecule has 0 radical (unpaired) electrons. The average Bonchev–Trinajstić information content (AvgIpc) is 2.26. The number of hydrogen-bond donors (Lipinski definition) is 0. The van der Waals surface area contributed by atoms with Gasteiger partial charge in [0.1, 0.15) is 0 Å². The van der Waals surface area contributed by atoms with Crippen molar-refractivity contribution in [3.05, 3.63) is 34.9 Å². The van der Waals surface area contributed by atoms with Gasteiger partial charge < -0.3 is 0 Å². The van der Waals surface area contributed by atoms with E-state index in [1.807, 2.05) is 33.0 Å². The maximum Gasteiger partial charge on any atom is 0.177 e. The second kappa shape index (κ2) is 6.82. The number of benzene rings is 1. The first-order valence-electron chi connectivity index (χ1n) is 5.82. The van der Waals surface area contributed by atoms with Gasteiger partial charge in [-0.3, -0.25) is 9.69 Å². The lowest BCUT2D eigenvalue weighted by Gasteiger charge is -2.15. The highest BCUT2D eigenvalue weighted by molar-refractivity contribution is 7.98. The minimum absolute atomic E-state index is 0.214. The summed E-state index contributed by atoms with van der Waals surface area (Å²) in [6.45, 7) is 5.51. The molecule has 0 aromatic heterocycles. The summed E-state index contributed by atoms with van der Waals surface area (Å²) in [5, 5.41) is 0. The molecule has 0 saturated carbocycles. The summed E-state index contributed by atoms with van der Waals surface area (Å²) in [7, 11) is 2.00. The van der Waals surface area contributed by atoms with Crippen LogP contribution in [-0.4, -0.2) is 42.8 Å². The summed E-state index contributed by atoms with van der Waals surface area (Å²) in [6.07, 6.45) is 2.08. The average molecular weight is 251 g/mol. The third-order valence-corrected chi connectivity index (χ3v) is 3.36. The number of likely N-dealkylation sites (N-methyl/N-ethyl adjacent to an activating group) is 1. The number of Topliss-reactive ketones (excluding diaryl/α,β-unsaturated/α-hetero) is 1. The fraction of sp³-hybridized carbons (Fsp3) is 0.500. The second-order valence-electron chi connectivity index (χ2n) is 4.47. The number of thioether (sulfide) groups is 1. The van der Waals surface area contributed by atoms with Crippen LogP contribution in [0.2, 0.25) is 0 Å². The maximum atomic E-state index is 12.1. The summed E-state index contributed by atoms with van der Waals surface area (Å²) >= 11 is 1.80. The van der Waals surface area contributed by atoms with Crippen LogP contribution in [0.4, 0.5) is 0 Å². The van der Waals surface area contributed by atoms with Gasteiger partial charge in [0.2, 0.25) is 0 Å². The van der Waals surface area contributed by atoms with E-state index in [0.717, 1.165) is 23.4 Å². The molecule has 2 nitrogen and oxygen atoms in total. The van der Waals surface area contributed by atoms with Gasteiger partial charge in [0.05, 0.1) is 6.54 Å². The molecule has 1 aromatic carbocycles. The van der Waals surface area contributed by atoms with Crippen LogP contribution in [0.1, 0.15) is 21.5 Å². The summed E-state index contributed by atoms with van der Waals surface area (Å²) in [4.78, 5) is 14.2. The minimum Gasteiger partial charge on any atom is -0.298 e. The van der Waals surface area contributed by atoms with Crippen molar-refractivity contribution in [2.45, 2.75) is 13.8 Å². The van der Waals surface area contributed by atoms with Gasteiger partial charge in [-0.1, -0.05) is 23.8 Å². The Kier molecular flexibility index (Phi) is 5.72. The van der Waals surface area contributed by atoms with Gasteiger partial charge in [0, 0.05) is 17.9 Å². The first-order chi connectivity index (χ1) is 8.04. The van der Waals surface area contributed by atoms with E-state index in [4.69, 9.17) is 0 Å². The Balaban J connectivity index is 2.63.